The number of aliphatic imine (C=N–C) groups is 1. The maximum Gasteiger partial charge on any atom is 0.270 e. The number of nitrogens with two attached hydrogens (primary N) is 1. The van der Waals surface area contributed by atoms with Crippen molar-refractivity contribution in [3.63, 3.8) is 0 Å². The van der Waals surface area contributed by atoms with E-state index in [-0.39, 0.29) is 23.6 Å². The molecular formula is C29H28F2N6O. The maximum atomic E-state index is 14.4. The summed E-state index contributed by atoms with van der Waals surface area (Å²) in [6.45, 7) is 1.55. The van der Waals surface area contributed by atoms with E-state index in [1.165, 1.54) is 23.5 Å². The normalized spacial score (nSPS) is 15.7. The standard InChI is InChI=1S/C29H28F2N6O/c1-29(30,31)24-8-4-7-21-23(24)16-37(28(21)38)26-13-19(12-25(36-26)35-15-17-5-3-6-17)22-11-18(14-32)9-10-20(22)27(33)34-2/h4,7-13,17H,3,5-6,15-16H2,1-2H3,(H2,33,34)(H,35,36). The summed E-state index contributed by atoms with van der Waals surface area (Å²) >= 11 is 0. The van der Waals surface area contributed by atoms with Crippen molar-refractivity contribution in [2.45, 2.75) is 38.7 Å². The lowest BCUT2D eigenvalue weighted by molar-refractivity contribution is 0.0166. The zero-order valence-electron chi connectivity index (χ0n) is 21.3. The number of benzene rings is 2. The van der Waals surface area contributed by atoms with E-state index in [4.69, 9.17) is 10.7 Å². The molecule has 2 aliphatic rings. The van der Waals surface area contributed by atoms with E-state index in [0.29, 0.717) is 51.2 Å². The van der Waals surface area contributed by atoms with Crippen molar-refractivity contribution in [1.29, 1.82) is 5.26 Å². The van der Waals surface area contributed by atoms with Gasteiger partial charge in [-0.25, -0.2) is 13.8 Å². The topological polar surface area (TPSA) is 107 Å². The van der Waals surface area contributed by atoms with Gasteiger partial charge in [-0.1, -0.05) is 18.6 Å². The van der Waals surface area contributed by atoms with Crippen molar-refractivity contribution in [1.82, 2.24) is 4.98 Å². The second kappa shape index (κ2) is 9.86. The van der Waals surface area contributed by atoms with Gasteiger partial charge in [-0.15, -0.1) is 0 Å². The van der Waals surface area contributed by atoms with Gasteiger partial charge in [0.25, 0.3) is 11.8 Å². The Labute approximate surface area is 220 Å². The Hall–Kier alpha value is -4.32. The molecule has 1 amide bonds. The summed E-state index contributed by atoms with van der Waals surface area (Å²) in [5.41, 5.74) is 8.98. The molecule has 3 aromatic rings. The van der Waals surface area contributed by atoms with Crippen LogP contribution in [-0.4, -0.2) is 30.3 Å². The van der Waals surface area contributed by atoms with Crippen LogP contribution in [-0.2, 0) is 12.5 Å². The van der Waals surface area contributed by atoms with Gasteiger partial charge in [0.15, 0.2) is 0 Å². The zero-order chi connectivity index (χ0) is 27.0. The third-order valence-corrected chi connectivity index (χ3v) is 7.30. The largest absolute Gasteiger partial charge is 0.383 e. The quantitative estimate of drug-likeness (QED) is 0.323. The first-order valence-electron chi connectivity index (χ1n) is 12.5. The number of alkyl halides is 2. The van der Waals surface area contributed by atoms with Crippen LogP contribution >= 0.6 is 0 Å². The van der Waals surface area contributed by atoms with Gasteiger partial charge >= 0.3 is 0 Å². The lowest BCUT2D eigenvalue weighted by Gasteiger charge is -2.26. The Morgan fingerprint density at radius 2 is 2.03 bits per heavy atom. The molecule has 1 saturated carbocycles. The van der Waals surface area contributed by atoms with Crippen LogP contribution in [0.2, 0.25) is 0 Å². The molecule has 0 unspecified atom stereocenters. The molecule has 9 heteroatoms. The number of halogens is 2. The first kappa shape index (κ1) is 25.3. The first-order valence-corrected chi connectivity index (χ1v) is 12.5. The van der Waals surface area contributed by atoms with E-state index in [0.717, 1.165) is 26.3 Å². The van der Waals surface area contributed by atoms with E-state index >= 15 is 0 Å². The van der Waals surface area contributed by atoms with Crippen LogP contribution in [0.1, 0.15) is 58.8 Å². The van der Waals surface area contributed by atoms with E-state index in [1.54, 1.807) is 37.4 Å². The monoisotopic (exact) mass is 514 g/mol. The van der Waals surface area contributed by atoms with Crippen LogP contribution in [0.5, 0.6) is 0 Å². The number of nitrogens with one attached hydrogen (secondary N) is 1. The van der Waals surface area contributed by atoms with Crippen molar-refractivity contribution in [2.24, 2.45) is 16.6 Å². The van der Waals surface area contributed by atoms with Crippen molar-refractivity contribution < 1.29 is 13.6 Å². The minimum atomic E-state index is -3.09. The highest BCUT2D eigenvalue weighted by atomic mass is 19.3. The molecule has 0 radical (unpaired) electrons. The highest BCUT2D eigenvalue weighted by molar-refractivity contribution is 6.10. The van der Waals surface area contributed by atoms with Gasteiger partial charge in [-0.3, -0.25) is 14.7 Å². The van der Waals surface area contributed by atoms with Gasteiger partial charge in [0.1, 0.15) is 17.5 Å². The number of hydrogen-bond acceptors (Lipinski definition) is 5. The molecule has 5 rings (SSSR count). The second-order valence-electron chi connectivity index (χ2n) is 9.87. The Kier molecular flexibility index (Phi) is 6.57. The number of fused-ring (bicyclic) bond motifs is 1. The molecule has 1 aliphatic heterocycles. The van der Waals surface area contributed by atoms with Gasteiger partial charge < -0.3 is 11.1 Å². The number of carbonyl (C=O) groups is 1. The molecule has 1 aliphatic carbocycles. The Bertz CT molecular complexity index is 1480. The van der Waals surface area contributed by atoms with Gasteiger partial charge in [0.2, 0.25) is 0 Å². The predicted molar refractivity (Wildman–Crippen MR) is 143 cm³/mol. The fourth-order valence-corrected chi connectivity index (χ4v) is 4.97. The third kappa shape index (κ3) is 4.70. The molecular weight excluding hydrogens is 486 g/mol. The van der Waals surface area contributed by atoms with Crippen molar-refractivity contribution in [3.05, 3.63) is 76.3 Å². The summed E-state index contributed by atoms with van der Waals surface area (Å²) < 4.78 is 28.7. The van der Waals surface area contributed by atoms with Crippen molar-refractivity contribution >= 4 is 23.4 Å². The summed E-state index contributed by atoms with van der Waals surface area (Å²) in [6.07, 6.45) is 3.49. The fourth-order valence-electron chi connectivity index (χ4n) is 4.97. The van der Waals surface area contributed by atoms with Crippen LogP contribution in [0.15, 0.2) is 53.5 Å². The number of carbonyl (C=O) groups excluding carboxylic acids is 1. The second-order valence-corrected chi connectivity index (χ2v) is 9.87. The van der Waals surface area contributed by atoms with Crippen LogP contribution < -0.4 is 16.0 Å². The molecule has 38 heavy (non-hydrogen) atoms. The lowest BCUT2D eigenvalue weighted by atomic mass is 9.85. The Balaban J connectivity index is 1.62. The Morgan fingerprint density at radius 3 is 2.68 bits per heavy atom. The number of amides is 1. The fraction of sp³-hybridized carbons (Fsp3) is 0.310. The Morgan fingerprint density at radius 1 is 1.24 bits per heavy atom. The number of anilines is 2. The number of nitrogens with zero attached hydrogens (tertiary/aromatic N) is 4. The average molecular weight is 515 g/mol. The van der Waals surface area contributed by atoms with Gasteiger partial charge in [0.05, 0.1) is 18.2 Å². The van der Waals surface area contributed by atoms with E-state index in [1.807, 2.05) is 6.07 Å². The number of pyridine rings is 1. The molecule has 0 bridgehead atoms. The summed E-state index contributed by atoms with van der Waals surface area (Å²) in [4.78, 5) is 23.7. The highest BCUT2D eigenvalue weighted by Gasteiger charge is 2.37. The molecule has 0 saturated heterocycles. The average Bonchev–Trinajstić information content (AvgIpc) is 3.22. The van der Waals surface area contributed by atoms with Crippen LogP contribution in [0.3, 0.4) is 0 Å². The number of rotatable bonds is 7. The van der Waals surface area contributed by atoms with Crippen molar-refractivity contribution in [3.8, 4) is 17.2 Å². The van der Waals surface area contributed by atoms with E-state index in [9.17, 15) is 18.8 Å². The molecule has 0 spiro atoms. The number of nitriles is 1. The maximum absolute atomic E-state index is 14.4. The number of amidine groups is 1. The zero-order valence-corrected chi connectivity index (χ0v) is 21.3. The lowest BCUT2D eigenvalue weighted by Crippen LogP contribution is -2.25. The first-order chi connectivity index (χ1) is 18.2. The molecule has 2 aromatic carbocycles. The van der Waals surface area contributed by atoms with Crippen LogP contribution in [0.4, 0.5) is 20.4 Å². The highest BCUT2D eigenvalue weighted by Crippen LogP contribution is 2.39. The smallest absolute Gasteiger partial charge is 0.270 e. The molecule has 194 valence electrons. The van der Waals surface area contributed by atoms with Gasteiger partial charge in [-0.05, 0) is 71.8 Å². The van der Waals surface area contributed by atoms with E-state index in [2.05, 4.69) is 16.4 Å². The summed E-state index contributed by atoms with van der Waals surface area (Å²) in [6, 6.07) is 15.3. The number of aromatic nitrogens is 1. The van der Waals surface area contributed by atoms with Gasteiger partial charge in [0, 0.05) is 37.2 Å². The minimum absolute atomic E-state index is 0.0179. The van der Waals surface area contributed by atoms with Crippen LogP contribution in [0.25, 0.3) is 11.1 Å². The molecule has 7 nitrogen and oxygen atoms in total. The van der Waals surface area contributed by atoms with Crippen LogP contribution in [0, 0.1) is 17.2 Å². The minimum Gasteiger partial charge on any atom is -0.383 e. The molecule has 1 aromatic heterocycles. The number of hydrogen-bond donors (Lipinski definition) is 2. The predicted octanol–water partition coefficient (Wildman–Crippen LogP) is 5.44. The summed E-state index contributed by atoms with van der Waals surface area (Å²) in [5, 5.41) is 12.9. The molecule has 1 fully saturated rings. The SMILES string of the molecule is CN=C(N)c1ccc(C#N)cc1-c1cc(NCC2CCC2)nc(N2Cc3c(cccc3C(C)(F)F)C2=O)c1. The molecule has 2 heterocycles. The summed E-state index contributed by atoms with van der Waals surface area (Å²) in [5.74, 6) is -1.75. The van der Waals surface area contributed by atoms with Crippen molar-refractivity contribution in [2.75, 3.05) is 23.8 Å². The molecule has 3 N–H and O–H groups in total. The van der Waals surface area contributed by atoms with Gasteiger partial charge in [-0.2, -0.15) is 5.26 Å². The van der Waals surface area contributed by atoms with E-state index < -0.39 is 5.92 Å². The third-order valence-electron chi connectivity index (χ3n) is 7.30. The molecule has 0 atom stereocenters. The summed E-state index contributed by atoms with van der Waals surface area (Å²) in [7, 11) is 1.59.